The first-order valence-electron chi connectivity index (χ1n) is 10.4. The van der Waals surface area contributed by atoms with E-state index in [-0.39, 0.29) is 29.6 Å². The number of carbonyl (C=O) groups excluding carboxylic acids is 3. The second-order valence-corrected chi connectivity index (χ2v) is 8.17. The minimum Gasteiger partial charge on any atom is -0.342 e. The summed E-state index contributed by atoms with van der Waals surface area (Å²) in [7, 11) is 0. The molecule has 3 rings (SSSR count). The Morgan fingerprint density at radius 2 is 1.50 bits per heavy atom. The van der Waals surface area contributed by atoms with E-state index >= 15 is 0 Å². The van der Waals surface area contributed by atoms with Crippen molar-refractivity contribution in [3.63, 3.8) is 0 Å². The van der Waals surface area contributed by atoms with Crippen LogP contribution in [-0.2, 0) is 9.59 Å². The molecule has 2 aliphatic heterocycles. The predicted molar refractivity (Wildman–Crippen MR) is 109 cm³/mol. The van der Waals surface area contributed by atoms with Crippen LogP contribution >= 0.6 is 0 Å². The van der Waals surface area contributed by atoms with Crippen molar-refractivity contribution in [2.75, 3.05) is 31.5 Å². The van der Waals surface area contributed by atoms with Crippen molar-refractivity contribution < 1.29 is 14.4 Å². The van der Waals surface area contributed by atoms with E-state index in [1.54, 1.807) is 24.3 Å². The van der Waals surface area contributed by atoms with Crippen molar-refractivity contribution in [2.24, 2.45) is 11.8 Å². The van der Waals surface area contributed by atoms with Crippen LogP contribution in [0.25, 0.3) is 0 Å². The van der Waals surface area contributed by atoms with Gasteiger partial charge in [0.2, 0.25) is 11.8 Å². The molecule has 0 aromatic heterocycles. The number of likely N-dealkylation sites (tertiary alicyclic amines) is 2. The van der Waals surface area contributed by atoms with Gasteiger partial charge in [-0.2, -0.15) is 0 Å². The molecule has 0 bridgehead atoms. The van der Waals surface area contributed by atoms with Crippen molar-refractivity contribution in [1.82, 2.24) is 9.80 Å². The highest BCUT2D eigenvalue weighted by molar-refractivity contribution is 5.96. The maximum Gasteiger partial charge on any atom is 0.253 e. The van der Waals surface area contributed by atoms with Gasteiger partial charge >= 0.3 is 0 Å². The zero-order valence-electron chi connectivity index (χ0n) is 16.9. The molecule has 28 heavy (non-hydrogen) atoms. The molecule has 0 atom stereocenters. The number of carbonyl (C=O) groups is 3. The molecular weight excluding hydrogens is 354 g/mol. The average Bonchev–Trinajstić information content (AvgIpc) is 2.74. The molecule has 2 saturated heterocycles. The van der Waals surface area contributed by atoms with Crippen LogP contribution < -0.4 is 5.32 Å². The SMILES string of the molecule is CC(C)C(=O)Nc1ccc(C(=O)N2CCC(C(=O)N3CCCCC3)CC2)cc1. The number of nitrogens with zero attached hydrogens (tertiary/aromatic N) is 2. The van der Waals surface area contributed by atoms with Crippen molar-refractivity contribution in [3.8, 4) is 0 Å². The molecule has 0 radical (unpaired) electrons. The lowest BCUT2D eigenvalue weighted by Crippen LogP contribution is -2.45. The summed E-state index contributed by atoms with van der Waals surface area (Å²) in [5.41, 5.74) is 1.31. The van der Waals surface area contributed by atoms with Gasteiger partial charge in [0.1, 0.15) is 0 Å². The Kier molecular flexibility index (Phi) is 6.70. The Balaban J connectivity index is 1.52. The first-order valence-corrected chi connectivity index (χ1v) is 10.4. The Hall–Kier alpha value is -2.37. The highest BCUT2D eigenvalue weighted by Crippen LogP contribution is 2.23. The molecule has 2 fully saturated rings. The smallest absolute Gasteiger partial charge is 0.253 e. The second kappa shape index (κ2) is 9.22. The lowest BCUT2D eigenvalue weighted by Gasteiger charge is -2.35. The van der Waals surface area contributed by atoms with Gasteiger partial charge in [-0.1, -0.05) is 13.8 Å². The number of anilines is 1. The first-order chi connectivity index (χ1) is 13.5. The second-order valence-electron chi connectivity index (χ2n) is 8.17. The van der Waals surface area contributed by atoms with Crippen LogP contribution in [0.1, 0.15) is 56.3 Å². The quantitative estimate of drug-likeness (QED) is 0.866. The molecule has 2 heterocycles. The molecule has 6 heteroatoms. The Morgan fingerprint density at radius 1 is 0.893 bits per heavy atom. The number of nitrogens with one attached hydrogen (secondary N) is 1. The molecular formula is C22H31N3O3. The van der Waals surface area contributed by atoms with Gasteiger partial charge in [0.15, 0.2) is 0 Å². The highest BCUT2D eigenvalue weighted by atomic mass is 16.2. The molecule has 0 aliphatic carbocycles. The summed E-state index contributed by atoms with van der Waals surface area (Å²) < 4.78 is 0. The lowest BCUT2D eigenvalue weighted by molar-refractivity contribution is -0.137. The predicted octanol–water partition coefficient (Wildman–Crippen LogP) is 3.15. The van der Waals surface area contributed by atoms with Crippen molar-refractivity contribution >= 4 is 23.4 Å². The third kappa shape index (κ3) is 4.91. The normalized spacial score (nSPS) is 18.2. The number of hydrogen-bond acceptors (Lipinski definition) is 3. The van der Waals surface area contributed by atoms with E-state index in [1.165, 1.54) is 6.42 Å². The third-order valence-electron chi connectivity index (χ3n) is 5.72. The van der Waals surface area contributed by atoms with E-state index < -0.39 is 0 Å². The minimum atomic E-state index is -0.0877. The summed E-state index contributed by atoms with van der Waals surface area (Å²) in [6.45, 7) is 6.69. The third-order valence-corrected chi connectivity index (χ3v) is 5.72. The molecule has 1 aromatic rings. The summed E-state index contributed by atoms with van der Waals surface area (Å²) >= 11 is 0. The van der Waals surface area contributed by atoms with Gasteiger partial charge in [0, 0.05) is 49.3 Å². The largest absolute Gasteiger partial charge is 0.342 e. The fourth-order valence-electron chi connectivity index (χ4n) is 3.87. The number of hydrogen-bond donors (Lipinski definition) is 1. The Morgan fingerprint density at radius 3 is 2.07 bits per heavy atom. The minimum absolute atomic E-state index is 0.00870. The van der Waals surface area contributed by atoms with Crippen LogP contribution in [-0.4, -0.2) is 53.7 Å². The molecule has 0 spiro atoms. The van der Waals surface area contributed by atoms with Crippen LogP contribution in [0.5, 0.6) is 0 Å². The lowest BCUT2D eigenvalue weighted by atomic mass is 9.94. The topological polar surface area (TPSA) is 69.7 Å². The standard InChI is InChI=1S/C22H31N3O3/c1-16(2)20(26)23-19-8-6-17(7-9-19)21(27)25-14-10-18(11-15-25)22(28)24-12-4-3-5-13-24/h6-9,16,18H,3-5,10-15H2,1-2H3,(H,23,26). The Labute approximate surface area is 167 Å². The van der Waals surface area contributed by atoms with Gasteiger partial charge in [-0.25, -0.2) is 0 Å². The summed E-state index contributed by atoms with van der Waals surface area (Å²) in [4.78, 5) is 41.0. The fourth-order valence-corrected chi connectivity index (χ4v) is 3.87. The van der Waals surface area contributed by atoms with E-state index in [4.69, 9.17) is 0 Å². The molecule has 152 valence electrons. The Bertz CT molecular complexity index is 700. The first kappa shape index (κ1) is 20.4. The number of rotatable bonds is 4. The maximum atomic E-state index is 12.8. The van der Waals surface area contributed by atoms with Gasteiger partial charge in [-0.15, -0.1) is 0 Å². The van der Waals surface area contributed by atoms with E-state index in [9.17, 15) is 14.4 Å². The van der Waals surface area contributed by atoms with Gasteiger partial charge in [-0.3, -0.25) is 14.4 Å². The zero-order chi connectivity index (χ0) is 20.1. The average molecular weight is 386 g/mol. The molecule has 0 unspecified atom stereocenters. The molecule has 2 aliphatic rings. The maximum absolute atomic E-state index is 12.8. The molecule has 3 amide bonds. The molecule has 6 nitrogen and oxygen atoms in total. The highest BCUT2D eigenvalue weighted by Gasteiger charge is 2.31. The molecule has 1 N–H and O–H groups in total. The summed E-state index contributed by atoms with van der Waals surface area (Å²) in [5, 5.41) is 2.83. The monoisotopic (exact) mass is 385 g/mol. The zero-order valence-corrected chi connectivity index (χ0v) is 16.9. The van der Waals surface area contributed by atoms with E-state index in [0.29, 0.717) is 24.3 Å². The van der Waals surface area contributed by atoms with E-state index in [0.717, 1.165) is 38.8 Å². The number of amides is 3. The van der Waals surface area contributed by atoms with Gasteiger partial charge < -0.3 is 15.1 Å². The van der Waals surface area contributed by atoms with Gasteiger partial charge in [0.05, 0.1) is 0 Å². The molecule has 0 saturated carbocycles. The van der Waals surface area contributed by atoms with Gasteiger partial charge in [0.25, 0.3) is 5.91 Å². The summed E-state index contributed by atoms with van der Waals surface area (Å²) in [5.74, 6) is 0.188. The fraction of sp³-hybridized carbons (Fsp3) is 0.591. The van der Waals surface area contributed by atoms with Crippen LogP contribution in [0.4, 0.5) is 5.69 Å². The van der Waals surface area contributed by atoms with Crippen LogP contribution in [0.15, 0.2) is 24.3 Å². The van der Waals surface area contributed by atoms with Crippen LogP contribution in [0, 0.1) is 11.8 Å². The van der Waals surface area contributed by atoms with Crippen LogP contribution in [0.3, 0.4) is 0 Å². The van der Waals surface area contributed by atoms with E-state index in [1.807, 2.05) is 23.6 Å². The number of benzene rings is 1. The van der Waals surface area contributed by atoms with Crippen molar-refractivity contribution in [3.05, 3.63) is 29.8 Å². The van der Waals surface area contributed by atoms with Crippen LogP contribution in [0.2, 0.25) is 0 Å². The van der Waals surface area contributed by atoms with Crippen molar-refractivity contribution in [1.29, 1.82) is 0 Å². The summed E-state index contributed by atoms with van der Waals surface area (Å²) in [6, 6.07) is 7.03. The summed E-state index contributed by atoms with van der Waals surface area (Å²) in [6.07, 6.45) is 4.91. The van der Waals surface area contributed by atoms with Gasteiger partial charge in [-0.05, 0) is 56.4 Å². The number of piperidine rings is 2. The van der Waals surface area contributed by atoms with Crippen molar-refractivity contribution in [2.45, 2.75) is 46.0 Å². The van der Waals surface area contributed by atoms with E-state index in [2.05, 4.69) is 5.32 Å². The molecule has 1 aromatic carbocycles.